The van der Waals surface area contributed by atoms with Crippen molar-refractivity contribution < 1.29 is 17.5 Å². The third kappa shape index (κ3) is 7.17. The van der Waals surface area contributed by atoms with E-state index in [1.165, 1.54) is 31.6 Å². The van der Waals surface area contributed by atoms with Gasteiger partial charge in [-0.05, 0) is 31.7 Å². The number of hydrogen-bond donors (Lipinski definition) is 3. The minimum Gasteiger partial charge on any atom is -0.483 e. The molecule has 41 heavy (non-hydrogen) atoms. The topological polar surface area (TPSA) is 121 Å². The van der Waals surface area contributed by atoms with Crippen molar-refractivity contribution in [3.05, 3.63) is 79.1 Å². The van der Waals surface area contributed by atoms with Crippen molar-refractivity contribution in [2.24, 2.45) is 0 Å². The van der Waals surface area contributed by atoms with Crippen LogP contribution in [0.3, 0.4) is 0 Å². The lowest BCUT2D eigenvalue weighted by Gasteiger charge is -2.17. The van der Waals surface area contributed by atoms with Gasteiger partial charge in [-0.1, -0.05) is 43.3 Å². The van der Waals surface area contributed by atoms with E-state index < -0.39 is 16.0 Å². The summed E-state index contributed by atoms with van der Waals surface area (Å²) in [6.07, 6.45) is 1.62. The molecule has 0 aliphatic carbocycles. The number of aromatic nitrogens is 3. The number of benzene rings is 2. The molecule has 13 heteroatoms. The van der Waals surface area contributed by atoms with Gasteiger partial charge in [0, 0.05) is 43.5 Å². The highest BCUT2D eigenvalue weighted by molar-refractivity contribution is 7.90. The van der Waals surface area contributed by atoms with Gasteiger partial charge in [0.2, 0.25) is 5.95 Å². The van der Waals surface area contributed by atoms with Crippen LogP contribution in [0.1, 0.15) is 13.8 Å². The van der Waals surface area contributed by atoms with Crippen molar-refractivity contribution in [2.75, 3.05) is 37.3 Å². The summed E-state index contributed by atoms with van der Waals surface area (Å²) >= 11 is 1.36. The second-order valence-electron chi connectivity index (χ2n) is 9.07. The predicted molar refractivity (Wildman–Crippen MR) is 162 cm³/mol. The van der Waals surface area contributed by atoms with E-state index in [4.69, 9.17) is 9.72 Å². The Bertz CT molecular complexity index is 1610. The Hall–Kier alpha value is -4.07. The number of rotatable bonds is 13. The molecule has 2 aromatic heterocycles. The summed E-state index contributed by atoms with van der Waals surface area (Å²) in [5.41, 5.74) is 1.70. The second kappa shape index (κ2) is 13.1. The summed E-state index contributed by atoms with van der Waals surface area (Å²) in [4.78, 5) is 14.4. The summed E-state index contributed by atoms with van der Waals surface area (Å²) < 4.78 is 49.7. The zero-order chi connectivity index (χ0) is 29.6. The van der Waals surface area contributed by atoms with Gasteiger partial charge in [-0.15, -0.1) is 11.3 Å². The molecule has 0 unspecified atom stereocenters. The molecule has 4 rings (SSSR count). The van der Waals surface area contributed by atoms with E-state index in [0.717, 1.165) is 9.87 Å². The Morgan fingerprint density at radius 1 is 1.15 bits per heavy atom. The lowest BCUT2D eigenvalue weighted by Crippen LogP contribution is -2.32. The Morgan fingerprint density at radius 3 is 2.61 bits per heavy atom. The highest BCUT2D eigenvalue weighted by Gasteiger charge is 2.24. The maximum atomic E-state index is 15.9. The number of hydrogen-bond acceptors (Lipinski definition) is 9. The predicted octanol–water partition coefficient (Wildman–Crippen LogP) is 5.19. The van der Waals surface area contributed by atoms with Gasteiger partial charge >= 0.3 is 10.2 Å². The normalized spacial score (nSPS) is 12.1. The van der Waals surface area contributed by atoms with Crippen LogP contribution in [0.5, 0.6) is 0 Å². The summed E-state index contributed by atoms with van der Waals surface area (Å²) in [6, 6.07) is 15.8. The molecule has 3 N–H and O–H groups in total. The van der Waals surface area contributed by atoms with Crippen molar-refractivity contribution in [1.82, 2.24) is 24.6 Å². The van der Waals surface area contributed by atoms with Crippen LogP contribution in [0.25, 0.3) is 32.4 Å². The quantitative estimate of drug-likeness (QED) is 0.180. The van der Waals surface area contributed by atoms with Gasteiger partial charge in [0.15, 0.2) is 11.7 Å². The first-order valence-electron chi connectivity index (χ1n) is 12.8. The van der Waals surface area contributed by atoms with E-state index in [0.29, 0.717) is 39.6 Å². The lowest BCUT2D eigenvalue weighted by atomic mass is 10.1. The fourth-order valence-corrected chi connectivity index (χ4v) is 5.75. The van der Waals surface area contributed by atoms with Crippen LogP contribution < -0.4 is 15.4 Å². The molecule has 10 nitrogen and oxygen atoms in total. The lowest BCUT2D eigenvalue weighted by molar-refractivity contribution is 0.255. The molecule has 0 radical (unpaired) electrons. The standard InChI is InChI=1S/C28H32FN7O3S2/c1-6-36(4)41(37,38)35-22-14-10-13-21(24(22)29)25-26(40-27(34-25)20-11-8-7-9-12-20)23-15-16-30-28(33-23)31-17-18(2)32-19(3)39-5/h7-16,18,32,35H,3,6,17H2,1-2,4-5H3,(H,30,31,33)/t18-/m0/s1. The SMILES string of the molecule is C=C(N[C@@H](C)CNc1nccc(-c2sc(-c3ccccc3)nc2-c2cccc(NS(=O)(=O)N(C)CC)c2F)n1)OC. The van der Waals surface area contributed by atoms with Gasteiger partial charge in [0.05, 0.1) is 29.1 Å². The van der Waals surface area contributed by atoms with Gasteiger partial charge in [-0.25, -0.2) is 19.3 Å². The van der Waals surface area contributed by atoms with Crippen molar-refractivity contribution >= 4 is 33.2 Å². The number of methoxy groups -OCH3 is 1. The van der Waals surface area contributed by atoms with Gasteiger partial charge in [-0.2, -0.15) is 12.7 Å². The number of nitrogens with one attached hydrogen (secondary N) is 3. The molecule has 0 spiro atoms. The molecule has 0 fully saturated rings. The van der Waals surface area contributed by atoms with Crippen molar-refractivity contribution in [3.8, 4) is 32.4 Å². The second-order valence-corrected chi connectivity index (χ2v) is 11.8. The molecular formula is C28H32FN7O3S2. The number of anilines is 2. The van der Waals surface area contributed by atoms with Crippen molar-refractivity contribution in [2.45, 2.75) is 19.9 Å². The molecule has 0 aliphatic heterocycles. The fourth-order valence-electron chi connectivity index (χ4n) is 3.76. The molecular weight excluding hydrogens is 565 g/mol. The zero-order valence-corrected chi connectivity index (χ0v) is 24.8. The Balaban J connectivity index is 1.75. The van der Waals surface area contributed by atoms with Gasteiger partial charge in [0.1, 0.15) is 5.01 Å². The molecule has 216 valence electrons. The summed E-state index contributed by atoms with van der Waals surface area (Å²) in [7, 11) is -0.981. The third-order valence-electron chi connectivity index (χ3n) is 6.10. The third-order valence-corrected chi connectivity index (χ3v) is 8.79. The molecule has 0 saturated heterocycles. The summed E-state index contributed by atoms with van der Waals surface area (Å²) in [5.74, 6) is 0.0892. The van der Waals surface area contributed by atoms with Crippen LogP contribution >= 0.6 is 11.3 Å². The number of halogens is 1. The molecule has 1 atom stereocenters. The fraction of sp³-hybridized carbons (Fsp3) is 0.250. The Kier molecular flexibility index (Phi) is 9.53. The average Bonchev–Trinajstić information content (AvgIpc) is 3.42. The maximum Gasteiger partial charge on any atom is 0.301 e. The smallest absolute Gasteiger partial charge is 0.301 e. The largest absolute Gasteiger partial charge is 0.483 e. The zero-order valence-electron chi connectivity index (χ0n) is 23.2. The first-order valence-corrected chi connectivity index (χ1v) is 15.0. The van der Waals surface area contributed by atoms with E-state index in [1.807, 2.05) is 37.3 Å². The van der Waals surface area contributed by atoms with Crippen LogP contribution in [-0.4, -0.2) is 61.0 Å². The molecule has 0 amide bonds. The number of nitrogens with zero attached hydrogens (tertiary/aromatic N) is 4. The van der Waals surface area contributed by atoms with E-state index in [-0.39, 0.29) is 23.8 Å². The summed E-state index contributed by atoms with van der Waals surface area (Å²) in [5, 5.41) is 6.95. The highest BCUT2D eigenvalue weighted by Crippen LogP contribution is 2.41. The van der Waals surface area contributed by atoms with E-state index >= 15 is 4.39 Å². The first kappa shape index (κ1) is 29.9. The number of ether oxygens (including phenoxy) is 1. The average molecular weight is 598 g/mol. The molecule has 2 heterocycles. The minimum absolute atomic E-state index is 0.0225. The van der Waals surface area contributed by atoms with Gasteiger partial charge < -0.3 is 15.4 Å². The minimum atomic E-state index is -3.94. The van der Waals surface area contributed by atoms with E-state index in [1.54, 1.807) is 31.3 Å². The molecule has 0 bridgehead atoms. The molecule has 4 aromatic rings. The Morgan fingerprint density at radius 2 is 1.90 bits per heavy atom. The van der Waals surface area contributed by atoms with Gasteiger partial charge in [0.25, 0.3) is 0 Å². The van der Waals surface area contributed by atoms with Crippen LogP contribution in [0.4, 0.5) is 16.0 Å². The first-order chi connectivity index (χ1) is 19.6. The molecule has 2 aromatic carbocycles. The van der Waals surface area contributed by atoms with E-state index in [9.17, 15) is 8.42 Å². The monoisotopic (exact) mass is 597 g/mol. The molecule has 0 saturated carbocycles. The molecule has 0 aliphatic rings. The van der Waals surface area contributed by atoms with Gasteiger partial charge in [-0.3, -0.25) is 4.72 Å². The highest BCUT2D eigenvalue weighted by atomic mass is 32.2. The van der Waals surface area contributed by atoms with Crippen molar-refractivity contribution in [3.63, 3.8) is 0 Å². The van der Waals surface area contributed by atoms with Crippen LogP contribution in [0.2, 0.25) is 0 Å². The van der Waals surface area contributed by atoms with E-state index in [2.05, 4.69) is 31.9 Å². The maximum absolute atomic E-state index is 15.9. The van der Waals surface area contributed by atoms with Crippen LogP contribution in [0.15, 0.2) is 73.3 Å². The van der Waals surface area contributed by atoms with Crippen molar-refractivity contribution in [1.29, 1.82) is 0 Å². The van der Waals surface area contributed by atoms with Crippen LogP contribution in [-0.2, 0) is 14.9 Å². The Labute approximate surface area is 243 Å². The number of thiazole rings is 1. The van der Waals surface area contributed by atoms with Crippen LogP contribution in [0, 0.1) is 5.82 Å². The summed E-state index contributed by atoms with van der Waals surface area (Å²) in [6.45, 7) is 8.13.